The van der Waals surface area contributed by atoms with Gasteiger partial charge in [-0.2, -0.15) is 0 Å². The van der Waals surface area contributed by atoms with E-state index >= 15 is 0 Å². The van der Waals surface area contributed by atoms with Gasteiger partial charge in [0.15, 0.2) is 0 Å². The van der Waals surface area contributed by atoms with Crippen molar-refractivity contribution < 1.29 is 0 Å². The molecule has 0 amide bonds. The Kier molecular flexibility index (Phi) is 4.49. The first-order valence-electron chi connectivity index (χ1n) is 6.68. The summed E-state index contributed by atoms with van der Waals surface area (Å²) in [5.41, 5.74) is 3.81. The number of hydrazine groups is 1. The maximum absolute atomic E-state index is 5.49. The van der Waals surface area contributed by atoms with Crippen molar-refractivity contribution in [2.45, 2.75) is 38.0 Å². The van der Waals surface area contributed by atoms with E-state index in [4.69, 9.17) is 10.8 Å². The number of aromatic nitrogens is 2. The molecule has 1 aliphatic rings. The Morgan fingerprint density at radius 3 is 2.67 bits per heavy atom. The minimum Gasteiger partial charge on any atom is -0.309 e. The summed E-state index contributed by atoms with van der Waals surface area (Å²) in [6.45, 7) is 0.956. The van der Waals surface area contributed by atoms with Gasteiger partial charge in [-0.05, 0) is 26.9 Å². The van der Waals surface area contributed by atoms with E-state index in [9.17, 15) is 0 Å². The van der Waals surface area contributed by atoms with Crippen LogP contribution in [0.25, 0.3) is 0 Å². The Hall–Kier alpha value is -1.20. The molecule has 0 aromatic carbocycles. The third kappa shape index (κ3) is 3.40. The number of hydrogen-bond acceptors (Lipinski definition) is 5. The number of hydrogen-bond donors (Lipinski definition) is 2. The van der Waals surface area contributed by atoms with Gasteiger partial charge >= 0.3 is 0 Å². The van der Waals surface area contributed by atoms with Crippen molar-refractivity contribution >= 4 is 5.82 Å². The van der Waals surface area contributed by atoms with E-state index in [1.165, 1.54) is 25.7 Å². The summed E-state index contributed by atoms with van der Waals surface area (Å²) in [5.74, 6) is 7.71. The predicted octanol–water partition coefficient (Wildman–Crippen LogP) is 1.52. The van der Waals surface area contributed by atoms with Crippen LogP contribution in [0.2, 0.25) is 0 Å². The highest BCUT2D eigenvalue weighted by molar-refractivity contribution is 5.35. The molecule has 1 aliphatic carbocycles. The van der Waals surface area contributed by atoms with E-state index in [-0.39, 0.29) is 0 Å². The number of rotatable bonds is 5. The molecule has 0 radical (unpaired) electrons. The van der Waals surface area contributed by atoms with E-state index in [2.05, 4.69) is 29.4 Å². The summed E-state index contributed by atoms with van der Waals surface area (Å²) in [6, 6.07) is 2.00. The lowest BCUT2D eigenvalue weighted by Crippen LogP contribution is -2.18. The SMILES string of the molecule is CN(C)CCc1nc(NN)cc(C2CCCC2)n1. The van der Waals surface area contributed by atoms with Gasteiger partial charge in [0.05, 0.1) is 0 Å². The molecule has 5 heteroatoms. The molecule has 1 fully saturated rings. The van der Waals surface area contributed by atoms with Crippen LogP contribution in [-0.2, 0) is 6.42 Å². The minimum absolute atomic E-state index is 0.596. The van der Waals surface area contributed by atoms with Crippen LogP contribution in [0.4, 0.5) is 5.82 Å². The second kappa shape index (κ2) is 6.11. The number of likely N-dealkylation sites (N-methyl/N-ethyl adjacent to an activating group) is 1. The molecule has 0 atom stereocenters. The maximum Gasteiger partial charge on any atom is 0.143 e. The Morgan fingerprint density at radius 1 is 1.33 bits per heavy atom. The van der Waals surface area contributed by atoms with Crippen LogP contribution in [0.3, 0.4) is 0 Å². The van der Waals surface area contributed by atoms with E-state index in [0.29, 0.717) is 5.92 Å². The second-order valence-electron chi connectivity index (χ2n) is 5.27. The van der Waals surface area contributed by atoms with Crippen molar-refractivity contribution in [2.75, 3.05) is 26.1 Å². The molecule has 2 rings (SSSR count). The van der Waals surface area contributed by atoms with Crippen molar-refractivity contribution in [1.29, 1.82) is 0 Å². The van der Waals surface area contributed by atoms with E-state index in [1.807, 2.05) is 6.07 Å². The average molecular weight is 249 g/mol. The van der Waals surface area contributed by atoms with Crippen molar-refractivity contribution in [1.82, 2.24) is 14.9 Å². The molecule has 18 heavy (non-hydrogen) atoms. The van der Waals surface area contributed by atoms with Gasteiger partial charge in [0.2, 0.25) is 0 Å². The third-order valence-corrected chi connectivity index (χ3v) is 3.50. The van der Waals surface area contributed by atoms with Gasteiger partial charge in [0.25, 0.3) is 0 Å². The largest absolute Gasteiger partial charge is 0.309 e. The lowest BCUT2D eigenvalue weighted by molar-refractivity contribution is 0.409. The highest BCUT2D eigenvalue weighted by Crippen LogP contribution is 2.33. The molecule has 5 nitrogen and oxygen atoms in total. The second-order valence-corrected chi connectivity index (χ2v) is 5.27. The maximum atomic E-state index is 5.49. The Labute approximate surface area is 109 Å². The Balaban J connectivity index is 2.15. The molecule has 1 saturated carbocycles. The topological polar surface area (TPSA) is 67.1 Å². The molecule has 1 aromatic heterocycles. The molecular weight excluding hydrogens is 226 g/mol. The standard InChI is InChI=1S/C13H23N5/c1-18(2)8-7-12-15-11(9-13(16-12)17-14)10-5-3-4-6-10/h9-10H,3-8,14H2,1-2H3,(H,15,16,17). The number of nitrogens with zero attached hydrogens (tertiary/aromatic N) is 3. The van der Waals surface area contributed by atoms with E-state index < -0.39 is 0 Å². The molecule has 1 aromatic rings. The first-order valence-corrected chi connectivity index (χ1v) is 6.68. The fourth-order valence-corrected chi connectivity index (χ4v) is 2.46. The smallest absolute Gasteiger partial charge is 0.143 e. The average Bonchev–Trinajstić information content (AvgIpc) is 2.89. The molecule has 0 bridgehead atoms. The molecule has 0 unspecified atom stereocenters. The van der Waals surface area contributed by atoms with E-state index in [0.717, 1.165) is 30.3 Å². The Bertz CT molecular complexity index is 385. The van der Waals surface area contributed by atoms with Crippen LogP contribution in [0.15, 0.2) is 6.07 Å². The molecule has 1 heterocycles. The molecule has 100 valence electrons. The fourth-order valence-electron chi connectivity index (χ4n) is 2.46. The van der Waals surface area contributed by atoms with Crippen molar-refractivity contribution in [3.05, 3.63) is 17.6 Å². The summed E-state index contributed by atoms with van der Waals surface area (Å²) in [6.07, 6.45) is 5.98. The normalized spacial score (nSPS) is 16.4. The summed E-state index contributed by atoms with van der Waals surface area (Å²) in [5, 5.41) is 0. The van der Waals surface area contributed by atoms with Gasteiger partial charge in [-0.25, -0.2) is 15.8 Å². The third-order valence-electron chi connectivity index (χ3n) is 3.50. The number of nitrogens with one attached hydrogen (secondary N) is 1. The first-order chi connectivity index (χ1) is 8.69. The molecule has 0 spiro atoms. The van der Waals surface area contributed by atoms with Crippen LogP contribution < -0.4 is 11.3 Å². The highest BCUT2D eigenvalue weighted by Gasteiger charge is 2.19. The zero-order valence-electron chi connectivity index (χ0n) is 11.3. The lowest BCUT2D eigenvalue weighted by Gasteiger charge is -2.13. The molecule has 3 N–H and O–H groups in total. The zero-order valence-corrected chi connectivity index (χ0v) is 11.3. The van der Waals surface area contributed by atoms with Gasteiger partial charge in [-0.3, -0.25) is 0 Å². The number of nitrogens with two attached hydrogens (primary N) is 1. The van der Waals surface area contributed by atoms with Crippen LogP contribution in [0.5, 0.6) is 0 Å². The lowest BCUT2D eigenvalue weighted by atomic mass is 10.0. The quantitative estimate of drug-likeness (QED) is 0.612. The zero-order chi connectivity index (χ0) is 13.0. The molecule has 0 aliphatic heterocycles. The first kappa shape index (κ1) is 13.2. The summed E-state index contributed by atoms with van der Waals surface area (Å²) >= 11 is 0. The Morgan fingerprint density at radius 2 is 2.06 bits per heavy atom. The van der Waals surface area contributed by atoms with Crippen molar-refractivity contribution in [3.63, 3.8) is 0 Å². The number of nitrogen functional groups attached to an aromatic ring is 1. The van der Waals surface area contributed by atoms with Crippen LogP contribution in [0, 0.1) is 0 Å². The van der Waals surface area contributed by atoms with Gasteiger partial charge in [0.1, 0.15) is 11.6 Å². The summed E-state index contributed by atoms with van der Waals surface area (Å²) in [7, 11) is 4.12. The van der Waals surface area contributed by atoms with Crippen LogP contribution >= 0.6 is 0 Å². The van der Waals surface area contributed by atoms with Gasteiger partial charge in [0, 0.05) is 30.6 Å². The molecule has 0 saturated heterocycles. The highest BCUT2D eigenvalue weighted by atomic mass is 15.3. The van der Waals surface area contributed by atoms with Crippen molar-refractivity contribution in [2.24, 2.45) is 5.84 Å². The van der Waals surface area contributed by atoms with Crippen LogP contribution in [0.1, 0.15) is 43.1 Å². The van der Waals surface area contributed by atoms with Gasteiger partial charge < -0.3 is 10.3 Å². The van der Waals surface area contributed by atoms with Gasteiger partial charge in [-0.15, -0.1) is 0 Å². The minimum atomic E-state index is 0.596. The monoisotopic (exact) mass is 249 g/mol. The van der Waals surface area contributed by atoms with E-state index in [1.54, 1.807) is 0 Å². The van der Waals surface area contributed by atoms with Crippen molar-refractivity contribution in [3.8, 4) is 0 Å². The van der Waals surface area contributed by atoms with Crippen LogP contribution in [-0.4, -0.2) is 35.5 Å². The number of anilines is 1. The summed E-state index contributed by atoms with van der Waals surface area (Å²) < 4.78 is 0. The fraction of sp³-hybridized carbons (Fsp3) is 0.692. The molecular formula is C13H23N5. The summed E-state index contributed by atoms with van der Waals surface area (Å²) in [4.78, 5) is 11.3. The van der Waals surface area contributed by atoms with Gasteiger partial charge in [-0.1, -0.05) is 12.8 Å². The predicted molar refractivity (Wildman–Crippen MR) is 73.3 cm³/mol.